The molecule has 2 heterocycles. The third-order valence-electron chi connectivity index (χ3n) is 5.12. The van der Waals surface area contributed by atoms with Crippen LogP contribution in [0.5, 0.6) is 0 Å². The van der Waals surface area contributed by atoms with Crippen molar-refractivity contribution in [3.05, 3.63) is 47.2 Å². The number of nitrogens with one attached hydrogen (secondary N) is 1. The van der Waals surface area contributed by atoms with Crippen molar-refractivity contribution < 1.29 is 19.5 Å². The Hall–Kier alpha value is -1.85. The number of carbonyl (C=O) groups is 1. The van der Waals surface area contributed by atoms with Gasteiger partial charge in [-0.1, -0.05) is 31.9 Å². The summed E-state index contributed by atoms with van der Waals surface area (Å²) in [5.74, 6) is -0.555. The molecule has 2 bridgehead atoms. The Morgan fingerprint density at radius 2 is 2.12 bits per heavy atom. The normalized spacial score (nSPS) is 26.3. The van der Waals surface area contributed by atoms with E-state index in [1.807, 2.05) is 18.3 Å². The van der Waals surface area contributed by atoms with E-state index in [9.17, 15) is 4.79 Å². The molecule has 3 atom stereocenters. The van der Waals surface area contributed by atoms with Crippen molar-refractivity contribution in [3.8, 4) is 0 Å². The van der Waals surface area contributed by atoms with Gasteiger partial charge in [0.2, 0.25) is 0 Å². The van der Waals surface area contributed by atoms with Gasteiger partial charge >= 0.3 is 5.97 Å². The fraction of sp³-hybridized carbons (Fsp3) is 0.550. The van der Waals surface area contributed by atoms with Crippen molar-refractivity contribution in [2.45, 2.75) is 57.7 Å². The van der Waals surface area contributed by atoms with E-state index in [-0.39, 0.29) is 12.2 Å². The first kappa shape index (κ1) is 18.0. The molecule has 2 N–H and O–H groups in total. The summed E-state index contributed by atoms with van der Waals surface area (Å²) < 4.78 is 6.07. The Labute approximate surface area is 149 Å². The van der Waals surface area contributed by atoms with Gasteiger partial charge < -0.3 is 9.84 Å². The molecular formula is C20H27NO4. The second kappa shape index (κ2) is 8.50. The number of ether oxygens (including phenoxy) is 1. The number of carboxylic acids is 1. The van der Waals surface area contributed by atoms with Crippen molar-refractivity contribution in [2.24, 2.45) is 5.92 Å². The van der Waals surface area contributed by atoms with Crippen molar-refractivity contribution in [1.29, 1.82) is 0 Å². The maximum atomic E-state index is 11.0. The second-order valence-corrected chi connectivity index (χ2v) is 6.87. The fourth-order valence-electron chi connectivity index (χ4n) is 3.74. The number of fused-ring (bicyclic) bond motifs is 2. The Morgan fingerprint density at radius 3 is 2.84 bits per heavy atom. The quantitative estimate of drug-likeness (QED) is 0.528. The Morgan fingerprint density at radius 1 is 1.32 bits per heavy atom. The number of hydrogen-bond donors (Lipinski definition) is 2. The van der Waals surface area contributed by atoms with Gasteiger partial charge in [-0.15, -0.1) is 0 Å². The molecule has 2 aliphatic rings. The molecule has 2 saturated heterocycles. The zero-order valence-corrected chi connectivity index (χ0v) is 14.7. The summed E-state index contributed by atoms with van der Waals surface area (Å²) in [5.41, 5.74) is 5.73. The number of hydroxylamine groups is 1. The van der Waals surface area contributed by atoms with Gasteiger partial charge in [-0.2, -0.15) is 0 Å². The van der Waals surface area contributed by atoms with Crippen LogP contribution in [0.1, 0.15) is 54.9 Å². The first-order valence-corrected chi connectivity index (χ1v) is 9.24. The molecule has 0 spiro atoms. The minimum Gasteiger partial charge on any atom is -0.478 e. The smallest absolute Gasteiger partial charge is 0.335 e. The van der Waals surface area contributed by atoms with Gasteiger partial charge in [-0.3, -0.25) is 10.3 Å². The van der Waals surface area contributed by atoms with Crippen LogP contribution in [-0.2, 0) is 16.0 Å². The van der Waals surface area contributed by atoms with E-state index in [1.54, 1.807) is 12.1 Å². The Bertz CT molecular complexity index is 611. The van der Waals surface area contributed by atoms with Crippen LogP contribution < -0.4 is 5.48 Å². The van der Waals surface area contributed by atoms with E-state index in [0.717, 1.165) is 31.2 Å². The predicted molar refractivity (Wildman–Crippen MR) is 95.2 cm³/mol. The number of rotatable bonds is 9. The van der Waals surface area contributed by atoms with Crippen LogP contribution in [0.15, 0.2) is 36.0 Å². The lowest BCUT2D eigenvalue weighted by molar-refractivity contribution is 0.0666. The van der Waals surface area contributed by atoms with Crippen LogP contribution in [0.3, 0.4) is 0 Å². The van der Waals surface area contributed by atoms with Crippen LogP contribution in [0.2, 0.25) is 0 Å². The number of aromatic carboxylic acids is 1. The zero-order chi connectivity index (χ0) is 17.6. The van der Waals surface area contributed by atoms with Crippen LogP contribution in [-0.4, -0.2) is 29.9 Å². The summed E-state index contributed by atoms with van der Waals surface area (Å²) in [7, 11) is 0. The van der Waals surface area contributed by atoms with Crippen LogP contribution in [0, 0.1) is 5.92 Å². The first-order chi connectivity index (χ1) is 12.2. The standard InChI is InChI=1S/C20H27NO4/c1-2-3-4-11-24-21-13-17-16(18-9-10-19(17)25-18)12-14-5-7-15(8-6-14)20(22)23/h5-8,13,16,18-19,21H,2-4,9-12H2,1H3,(H,22,23). The van der Waals surface area contributed by atoms with Crippen molar-refractivity contribution >= 4 is 5.97 Å². The summed E-state index contributed by atoms with van der Waals surface area (Å²) in [6.07, 6.45) is 8.90. The number of hydrogen-bond acceptors (Lipinski definition) is 4. The van der Waals surface area contributed by atoms with Crippen molar-refractivity contribution in [1.82, 2.24) is 5.48 Å². The molecule has 3 unspecified atom stereocenters. The molecule has 0 aliphatic carbocycles. The molecule has 0 saturated carbocycles. The van der Waals surface area contributed by atoms with Crippen molar-refractivity contribution in [3.63, 3.8) is 0 Å². The fourth-order valence-corrected chi connectivity index (χ4v) is 3.74. The molecule has 25 heavy (non-hydrogen) atoms. The molecule has 0 radical (unpaired) electrons. The SMILES string of the molecule is CCCCCONC=C1C2CCC(O2)C1Cc1ccc(C(=O)O)cc1. The van der Waals surface area contributed by atoms with Gasteiger partial charge in [0, 0.05) is 12.1 Å². The highest BCUT2D eigenvalue weighted by atomic mass is 16.6. The van der Waals surface area contributed by atoms with Crippen LogP contribution in [0.4, 0.5) is 0 Å². The molecular weight excluding hydrogens is 318 g/mol. The molecule has 136 valence electrons. The van der Waals surface area contributed by atoms with Crippen molar-refractivity contribution in [2.75, 3.05) is 6.61 Å². The summed E-state index contributed by atoms with van der Waals surface area (Å²) in [4.78, 5) is 16.5. The van der Waals surface area contributed by atoms with Gasteiger partial charge in [-0.05, 0) is 49.0 Å². The molecule has 5 nitrogen and oxygen atoms in total. The Kier molecular flexibility index (Phi) is 6.10. The van der Waals surface area contributed by atoms with E-state index in [0.29, 0.717) is 18.1 Å². The minimum absolute atomic E-state index is 0.194. The highest BCUT2D eigenvalue weighted by Crippen LogP contribution is 2.44. The molecule has 5 heteroatoms. The summed E-state index contributed by atoms with van der Waals surface area (Å²) in [6, 6.07) is 7.15. The van der Waals surface area contributed by atoms with Gasteiger partial charge in [0.25, 0.3) is 0 Å². The van der Waals surface area contributed by atoms with E-state index in [1.165, 1.54) is 18.4 Å². The summed E-state index contributed by atoms with van der Waals surface area (Å²) >= 11 is 0. The molecule has 2 fully saturated rings. The van der Waals surface area contributed by atoms with Gasteiger partial charge in [0.1, 0.15) is 0 Å². The third kappa shape index (κ3) is 4.41. The van der Waals surface area contributed by atoms with Crippen LogP contribution >= 0.6 is 0 Å². The topological polar surface area (TPSA) is 67.8 Å². The molecule has 3 rings (SSSR count). The van der Waals surface area contributed by atoms with Gasteiger partial charge in [0.05, 0.1) is 24.4 Å². The zero-order valence-electron chi connectivity index (χ0n) is 14.7. The lowest BCUT2D eigenvalue weighted by atomic mass is 9.81. The molecule has 0 aromatic heterocycles. The summed E-state index contributed by atoms with van der Waals surface area (Å²) in [6.45, 7) is 2.89. The molecule has 1 aromatic carbocycles. The number of benzene rings is 1. The van der Waals surface area contributed by atoms with E-state index < -0.39 is 5.97 Å². The van der Waals surface area contributed by atoms with Gasteiger partial charge in [-0.25, -0.2) is 4.79 Å². The predicted octanol–water partition coefficient (Wildman–Crippen LogP) is 3.70. The number of carboxylic acid groups (broad SMARTS) is 1. The average molecular weight is 345 g/mol. The Balaban J connectivity index is 1.59. The lowest BCUT2D eigenvalue weighted by Gasteiger charge is -2.22. The minimum atomic E-state index is -0.889. The maximum absolute atomic E-state index is 11.0. The monoisotopic (exact) mass is 345 g/mol. The first-order valence-electron chi connectivity index (χ1n) is 9.24. The highest BCUT2D eigenvalue weighted by Gasteiger charge is 2.44. The van der Waals surface area contributed by atoms with E-state index >= 15 is 0 Å². The molecule has 1 aromatic rings. The molecule has 2 aliphatic heterocycles. The average Bonchev–Trinajstić information content (AvgIpc) is 3.21. The lowest BCUT2D eigenvalue weighted by Crippen LogP contribution is -2.23. The largest absolute Gasteiger partial charge is 0.478 e. The van der Waals surface area contributed by atoms with E-state index in [4.69, 9.17) is 14.7 Å². The van der Waals surface area contributed by atoms with Crippen LogP contribution in [0.25, 0.3) is 0 Å². The third-order valence-corrected chi connectivity index (χ3v) is 5.12. The maximum Gasteiger partial charge on any atom is 0.335 e. The number of unbranched alkanes of at least 4 members (excludes halogenated alkanes) is 2. The van der Waals surface area contributed by atoms with E-state index in [2.05, 4.69) is 12.4 Å². The summed E-state index contributed by atoms with van der Waals surface area (Å²) in [5, 5.41) is 9.01. The molecule has 0 amide bonds. The second-order valence-electron chi connectivity index (χ2n) is 6.87. The van der Waals surface area contributed by atoms with Gasteiger partial charge in [0.15, 0.2) is 0 Å². The highest BCUT2D eigenvalue weighted by molar-refractivity contribution is 5.87.